The van der Waals surface area contributed by atoms with E-state index in [0.29, 0.717) is 25.3 Å². The van der Waals surface area contributed by atoms with Gasteiger partial charge in [-0.1, -0.05) is 37.3 Å². The van der Waals surface area contributed by atoms with E-state index in [1.54, 1.807) is 0 Å². The number of nitrogens with two attached hydrogens (primary N) is 1. The lowest BCUT2D eigenvalue weighted by molar-refractivity contribution is 0.431. The Labute approximate surface area is 125 Å². The number of hydrogen-bond donors (Lipinski definition) is 1. The molecule has 2 rings (SSSR count). The molecule has 1 aromatic heterocycles. The van der Waals surface area contributed by atoms with Crippen molar-refractivity contribution in [3.8, 4) is 0 Å². The number of nitrogens with zero attached hydrogens (tertiary/aromatic N) is 2. The topological polar surface area (TPSA) is 76.3 Å². The zero-order valence-corrected chi connectivity index (χ0v) is 12.8. The van der Waals surface area contributed by atoms with E-state index < -0.39 is 10.0 Å². The second-order valence-corrected chi connectivity index (χ2v) is 6.59. The third-order valence-electron chi connectivity index (χ3n) is 3.24. The highest BCUT2D eigenvalue weighted by Crippen LogP contribution is 2.16. The summed E-state index contributed by atoms with van der Waals surface area (Å²) in [4.78, 5) is 4.03. The van der Waals surface area contributed by atoms with Gasteiger partial charge < -0.3 is 5.73 Å². The molecule has 0 spiro atoms. The Morgan fingerprint density at radius 2 is 1.86 bits per heavy atom. The zero-order valence-electron chi connectivity index (χ0n) is 11.9. The van der Waals surface area contributed by atoms with E-state index >= 15 is 0 Å². The van der Waals surface area contributed by atoms with Crippen LogP contribution in [0, 0.1) is 0 Å². The van der Waals surface area contributed by atoms with E-state index in [-0.39, 0.29) is 4.90 Å². The Hall–Kier alpha value is -1.92. The van der Waals surface area contributed by atoms with Crippen LogP contribution >= 0.6 is 0 Å². The molecule has 0 aliphatic carbocycles. The molecule has 2 aromatic rings. The van der Waals surface area contributed by atoms with Crippen LogP contribution in [-0.2, 0) is 16.4 Å². The van der Waals surface area contributed by atoms with E-state index in [4.69, 9.17) is 5.73 Å². The minimum Gasteiger partial charge on any atom is -0.384 e. The fourth-order valence-corrected chi connectivity index (χ4v) is 3.44. The third-order valence-corrected chi connectivity index (χ3v) is 5.20. The van der Waals surface area contributed by atoms with Crippen molar-refractivity contribution in [3.05, 3.63) is 54.2 Å². The summed E-state index contributed by atoms with van der Waals surface area (Å²) in [5.41, 5.74) is 6.61. The minimum absolute atomic E-state index is 0.173. The predicted octanol–water partition coefficient (Wildman–Crippen LogP) is 1.92. The minimum atomic E-state index is -3.52. The number of pyridine rings is 1. The van der Waals surface area contributed by atoms with Gasteiger partial charge in [0, 0.05) is 19.3 Å². The van der Waals surface area contributed by atoms with E-state index in [2.05, 4.69) is 4.98 Å². The number of sulfonamides is 1. The summed E-state index contributed by atoms with van der Waals surface area (Å²) in [6.45, 7) is 2.68. The molecule has 0 unspecified atom stereocenters. The molecule has 0 bridgehead atoms. The molecule has 0 saturated heterocycles. The van der Waals surface area contributed by atoms with Crippen LogP contribution < -0.4 is 5.73 Å². The van der Waals surface area contributed by atoms with Crippen molar-refractivity contribution in [2.45, 2.75) is 18.2 Å². The van der Waals surface area contributed by atoms with Gasteiger partial charge in [-0.05, 0) is 24.1 Å². The first-order chi connectivity index (χ1) is 10.0. The van der Waals surface area contributed by atoms with Crippen molar-refractivity contribution in [1.29, 1.82) is 0 Å². The van der Waals surface area contributed by atoms with Crippen molar-refractivity contribution < 1.29 is 8.42 Å². The Morgan fingerprint density at radius 3 is 2.43 bits per heavy atom. The van der Waals surface area contributed by atoms with Gasteiger partial charge in [-0.25, -0.2) is 13.4 Å². The molecule has 21 heavy (non-hydrogen) atoms. The van der Waals surface area contributed by atoms with Crippen molar-refractivity contribution in [2.75, 3.05) is 18.8 Å². The number of anilines is 1. The first kappa shape index (κ1) is 15.5. The summed E-state index contributed by atoms with van der Waals surface area (Å²) in [6, 6.07) is 12.8. The van der Waals surface area contributed by atoms with Crippen LogP contribution in [0.4, 0.5) is 5.82 Å². The average molecular weight is 305 g/mol. The lowest BCUT2D eigenvalue weighted by atomic mass is 10.1. The van der Waals surface area contributed by atoms with Crippen molar-refractivity contribution in [3.63, 3.8) is 0 Å². The molecule has 0 fully saturated rings. The highest BCUT2D eigenvalue weighted by atomic mass is 32.2. The molecule has 0 atom stereocenters. The van der Waals surface area contributed by atoms with Crippen LogP contribution in [0.25, 0.3) is 0 Å². The highest BCUT2D eigenvalue weighted by molar-refractivity contribution is 7.89. The maximum absolute atomic E-state index is 12.5. The molecular weight excluding hydrogens is 286 g/mol. The van der Waals surface area contributed by atoms with E-state index in [0.717, 1.165) is 5.56 Å². The molecule has 0 aliphatic rings. The molecule has 1 aromatic carbocycles. The van der Waals surface area contributed by atoms with E-state index in [1.165, 1.54) is 22.6 Å². The monoisotopic (exact) mass is 305 g/mol. The first-order valence-electron chi connectivity index (χ1n) is 6.79. The second kappa shape index (κ2) is 6.69. The third kappa shape index (κ3) is 3.80. The van der Waals surface area contributed by atoms with Crippen molar-refractivity contribution in [1.82, 2.24) is 9.29 Å². The number of aromatic nitrogens is 1. The Bertz CT molecular complexity index is 670. The maximum Gasteiger partial charge on any atom is 0.244 e. The van der Waals surface area contributed by atoms with Gasteiger partial charge in [0.05, 0.1) is 0 Å². The number of benzene rings is 1. The molecular formula is C15H19N3O2S. The number of rotatable bonds is 6. The summed E-state index contributed by atoms with van der Waals surface area (Å²) in [5.74, 6) is 0.307. The van der Waals surface area contributed by atoms with Gasteiger partial charge in [-0.2, -0.15) is 4.31 Å². The maximum atomic E-state index is 12.5. The van der Waals surface area contributed by atoms with Crippen LogP contribution in [0.2, 0.25) is 0 Å². The van der Waals surface area contributed by atoms with Gasteiger partial charge in [-0.3, -0.25) is 0 Å². The summed E-state index contributed by atoms with van der Waals surface area (Å²) in [7, 11) is -3.52. The van der Waals surface area contributed by atoms with Crippen LogP contribution in [-0.4, -0.2) is 30.8 Å². The van der Waals surface area contributed by atoms with Gasteiger partial charge in [0.25, 0.3) is 0 Å². The Morgan fingerprint density at radius 1 is 1.14 bits per heavy atom. The molecule has 112 valence electrons. The summed E-state index contributed by atoms with van der Waals surface area (Å²) >= 11 is 0. The molecule has 0 saturated carbocycles. The highest BCUT2D eigenvalue weighted by Gasteiger charge is 2.22. The van der Waals surface area contributed by atoms with E-state index in [9.17, 15) is 8.42 Å². The van der Waals surface area contributed by atoms with Crippen LogP contribution in [0.5, 0.6) is 0 Å². The summed E-state index contributed by atoms with van der Waals surface area (Å²) in [6.07, 6.45) is 1.98. The fraction of sp³-hybridized carbons (Fsp3) is 0.267. The average Bonchev–Trinajstić information content (AvgIpc) is 2.49. The van der Waals surface area contributed by atoms with Crippen LogP contribution in [0.1, 0.15) is 12.5 Å². The standard InChI is InChI=1S/C15H19N3O2S/c1-2-18(11-10-13-6-4-3-5-7-13)21(19,20)14-8-9-15(16)17-12-14/h3-9,12H,2,10-11H2,1H3,(H2,16,17). The predicted molar refractivity (Wildman–Crippen MR) is 83.2 cm³/mol. The zero-order chi connectivity index (χ0) is 15.3. The Balaban J connectivity index is 2.14. The normalized spacial score (nSPS) is 11.7. The molecule has 6 heteroatoms. The van der Waals surface area contributed by atoms with E-state index in [1.807, 2.05) is 37.3 Å². The van der Waals surface area contributed by atoms with Gasteiger partial charge in [0.1, 0.15) is 10.7 Å². The van der Waals surface area contributed by atoms with Crippen LogP contribution in [0.15, 0.2) is 53.6 Å². The van der Waals surface area contributed by atoms with Gasteiger partial charge >= 0.3 is 0 Å². The molecule has 2 N–H and O–H groups in total. The number of nitrogen functional groups attached to an aromatic ring is 1. The first-order valence-corrected chi connectivity index (χ1v) is 8.23. The quantitative estimate of drug-likeness (QED) is 0.884. The molecule has 0 aliphatic heterocycles. The van der Waals surface area contributed by atoms with Gasteiger partial charge in [-0.15, -0.1) is 0 Å². The number of likely N-dealkylation sites (N-methyl/N-ethyl adjacent to an activating group) is 1. The van der Waals surface area contributed by atoms with Crippen molar-refractivity contribution in [2.24, 2.45) is 0 Å². The molecule has 1 heterocycles. The lowest BCUT2D eigenvalue weighted by Gasteiger charge is -2.20. The van der Waals surface area contributed by atoms with Gasteiger partial charge in [0.2, 0.25) is 10.0 Å². The smallest absolute Gasteiger partial charge is 0.244 e. The summed E-state index contributed by atoms with van der Waals surface area (Å²) < 4.78 is 26.5. The van der Waals surface area contributed by atoms with Crippen molar-refractivity contribution >= 4 is 15.8 Å². The molecule has 0 radical (unpaired) electrons. The van der Waals surface area contributed by atoms with Gasteiger partial charge in [0.15, 0.2) is 0 Å². The molecule has 5 nitrogen and oxygen atoms in total. The second-order valence-electron chi connectivity index (χ2n) is 4.65. The Kier molecular flexibility index (Phi) is 4.93. The largest absolute Gasteiger partial charge is 0.384 e. The molecule has 0 amide bonds. The lowest BCUT2D eigenvalue weighted by Crippen LogP contribution is -2.32. The summed E-state index contributed by atoms with van der Waals surface area (Å²) in [5, 5.41) is 0. The number of hydrogen-bond acceptors (Lipinski definition) is 4. The van der Waals surface area contributed by atoms with Crippen LogP contribution in [0.3, 0.4) is 0 Å². The SMILES string of the molecule is CCN(CCc1ccccc1)S(=O)(=O)c1ccc(N)nc1. The fourth-order valence-electron chi connectivity index (χ4n) is 2.04.